The van der Waals surface area contributed by atoms with Gasteiger partial charge in [-0.25, -0.2) is 4.39 Å². The van der Waals surface area contributed by atoms with Crippen LogP contribution < -0.4 is 4.74 Å². The normalized spacial score (nSPS) is 16.2. The highest BCUT2D eigenvalue weighted by molar-refractivity contribution is 7.10. The Kier molecular flexibility index (Phi) is 4.47. The van der Waals surface area contributed by atoms with Gasteiger partial charge in [0, 0.05) is 17.0 Å². The van der Waals surface area contributed by atoms with Crippen LogP contribution in [0.25, 0.3) is 0 Å². The molecule has 5 heteroatoms. The van der Waals surface area contributed by atoms with Crippen molar-refractivity contribution < 1.29 is 13.9 Å². The van der Waals surface area contributed by atoms with E-state index in [9.17, 15) is 9.18 Å². The Labute approximate surface area is 155 Å². The van der Waals surface area contributed by atoms with Gasteiger partial charge in [-0.15, -0.1) is 11.3 Å². The molecule has 0 radical (unpaired) electrons. The lowest BCUT2D eigenvalue weighted by Crippen LogP contribution is -2.40. The van der Waals surface area contributed by atoms with Gasteiger partial charge in [0.2, 0.25) is 0 Å². The smallest absolute Gasteiger partial charge is 0.254 e. The highest BCUT2D eigenvalue weighted by Gasteiger charge is 2.33. The van der Waals surface area contributed by atoms with Crippen molar-refractivity contribution >= 4 is 17.2 Å². The molecule has 26 heavy (non-hydrogen) atoms. The SMILES string of the molecule is COc1ccc(C(=O)N2CCc3ccsc3C2c2cccc(F)c2)cc1. The summed E-state index contributed by atoms with van der Waals surface area (Å²) in [5.41, 5.74) is 2.64. The Balaban J connectivity index is 1.74. The van der Waals surface area contributed by atoms with Gasteiger partial charge in [-0.2, -0.15) is 0 Å². The molecule has 1 aliphatic heterocycles. The van der Waals surface area contributed by atoms with Crippen LogP contribution in [0.2, 0.25) is 0 Å². The lowest BCUT2D eigenvalue weighted by atomic mass is 9.94. The summed E-state index contributed by atoms with van der Waals surface area (Å²) in [4.78, 5) is 16.2. The molecule has 1 amide bonds. The van der Waals surface area contributed by atoms with Gasteiger partial charge < -0.3 is 9.64 Å². The Bertz CT molecular complexity index is 935. The largest absolute Gasteiger partial charge is 0.497 e. The van der Waals surface area contributed by atoms with Gasteiger partial charge >= 0.3 is 0 Å². The zero-order valence-corrected chi connectivity index (χ0v) is 15.1. The highest BCUT2D eigenvalue weighted by Crippen LogP contribution is 2.39. The monoisotopic (exact) mass is 367 g/mol. The number of rotatable bonds is 3. The number of benzene rings is 2. The van der Waals surface area contributed by atoms with E-state index >= 15 is 0 Å². The van der Waals surface area contributed by atoms with Crippen LogP contribution in [-0.2, 0) is 6.42 Å². The Morgan fingerprint density at radius 3 is 2.73 bits per heavy atom. The Hall–Kier alpha value is -2.66. The van der Waals surface area contributed by atoms with Crippen LogP contribution in [-0.4, -0.2) is 24.5 Å². The molecule has 2 aromatic carbocycles. The molecule has 0 saturated heterocycles. The molecule has 1 aliphatic rings. The molecular weight excluding hydrogens is 349 g/mol. The van der Waals surface area contributed by atoms with Crippen molar-refractivity contribution in [3.05, 3.63) is 87.4 Å². The first-order valence-electron chi connectivity index (χ1n) is 8.44. The van der Waals surface area contributed by atoms with E-state index in [-0.39, 0.29) is 17.8 Å². The number of ether oxygens (including phenoxy) is 1. The van der Waals surface area contributed by atoms with Crippen LogP contribution in [0.1, 0.15) is 32.4 Å². The van der Waals surface area contributed by atoms with Crippen LogP contribution >= 0.6 is 11.3 Å². The summed E-state index contributed by atoms with van der Waals surface area (Å²) in [6.07, 6.45) is 0.812. The number of halogens is 1. The minimum absolute atomic E-state index is 0.0547. The predicted molar refractivity (Wildman–Crippen MR) is 100 cm³/mol. The van der Waals surface area contributed by atoms with Crippen molar-refractivity contribution in [3.8, 4) is 5.75 Å². The number of thiophene rings is 1. The minimum atomic E-state index is -0.289. The molecule has 0 bridgehead atoms. The first-order valence-corrected chi connectivity index (χ1v) is 9.32. The number of carbonyl (C=O) groups is 1. The molecular formula is C21H18FNO2S. The summed E-state index contributed by atoms with van der Waals surface area (Å²) in [5, 5.41) is 2.04. The molecule has 4 rings (SSSR count). The molecule has 0 saturated carbocycles. The minimum Gasteiger partial charge on any atom is -0.497 e. The number of hydrogen-bond donors (Lipinski definition) is 0. The van der Waals surface area contributed by atoms with Crippen molar-refractivity contribution in [3.63, 3.8) is 0 Å². The molecule has 1 unspecified atom stereocenters. The average Bonchev–Trinajstić information content (AvgIpc) is 3.15. The summed E-state index contributed by atoms with van der Waals surface area (Å²) >= 11 is 1.62. The molecule has 0 fully saturated rings. The molecule has 0 N–H and O–H groups in total. The van der Waals surface area contributed by atoms with Gasteiger partial charge in [0.05, 0.1) is 13.2 Å². The van der Waals surface area contributed by atoms with Crippen molar-refractivity contribution in [1.29, 1.82) is 0 Å². The lowest BCUT2D eigenvalue weighted by Gasteiger charge is -2.36. The van der Waals surface area contributed by atoms with Gasteiger partial charge in [-0.05, 0) is 65.4 Å². The fourth-order valence-electron chi connectivity index (χ4n) is 3.43. The van der Waals surface area contributed by atoms with Crippen molar-refractivity contribution in [2.24, 2.45) is 0 Å². The first kappa shape index (κ1) is 16.8. The maximum Gasteiger partial charge on any atom is 0.254 e. The molecule has 0 aliphatic carbocycles. The van der Waals surface area contributed by atoms with Crippen molar-refractivity contribution in [2.75, 3.05) is 13.7 Å². The van der Waals surface area contributed by atoms with Gasteiger partial charge in [-0.1, -0.05) is 12.1 Å². The summed E-state index contributed by atoms with van der Waals surface area (Å²) in [5.74, 6) is 0.367. The average molecular weight is 367 g/mol. The molecule has 132 valence electrons. The van der Waals surface area contributed by atoms with Gasteiger partial charge in [0.15, 0.2) is 0 Å². The summed E-state index contributed by atoms with van der Waals surface area (Å²) < 4.78 is 19.0. The van der Waals surface area contributed by atoms with E-state index in [2.05, 4.69) is 6.07 Å². The van der Waals surface area contributed by atoms with Crippen LogP contribution in [0.4, 0.5) is 4.39 Å². The van der Waals surface area contributed by atoms with E-state index in [4.69, 9.17) is 4.74 Å². The number of fused-ring (bicyclic) bond motifs is 1. The molecule has 1 atom stereocenters. The second kappa shape index (κ2) is 6.92. The maximum absolute atomic E-state index is 13.8. The molecule has 0 spiro atoms. The summed E-state index contributed by atoms with van der Waals surface area (Å²) in [6, 6.07) is 15.5. The van der Waals surface area contributed by atoms with E-state index in [1.165, 1.54) is 17.7 Å². The van der Waals surface area contributed by atoms with E-state index in [1.54, 1.807) is 48.8 Å². The summed E-state index contributed by atoms with van der Waals surface area (Å²) in [6.45, 7) is 0.607. The number of methoxy groups -OCH3 is 1. The maximum atomic E-state index is 13.8. The fourth-order valence-corrected chi connectivity index (χ4v) is 4.52. The second-order valence-electron chi connectivity index (χ2n) is 6.24. The van der Waals surface area contributed by atoms with Gasteiger partial charge in [-0.3, -0.25) is 4.79 Å². The Morgan fingerprint density at radius 1 is 1.19 bits per heavy atom. The van der Waals surface area contributed by atoms with Crippen LogP contribution in [0.3, 0.4) is 0 Å². The van der Waals surface area contributed by atoms with E-state index < -0.39 is 0 Å². The lowest BCUT2D eigenvalue weighted by molar-refractivity contribution is 0.0698. The Morgan fingerprint density at radius 2 is 2.00 bits per heavy atom. The van der Waals surface area contributed by atoms with Crippen LogP contribution in [0, 0.1) is 5.82 Å². The summed E-state index contributed by atoms with van der Waals surface area (Å²) in [7, 11) is 1.60. The van der Waals surface area contributed by atoms with E-state index in [1.807, 2.05) is 16.3 Å². The topological polar surface area (TPSA) is 29.5 Å². The number of nitrogens with zero attached hydrogens (tertiary/aromatic N) is 1. The van der Waals surface area contributed by atoms with E-state index in [0.29, 0.717) is 17.9 Å². The van der Waals surface area contributed by atoms with Crippen molar-refractivity contribution in [1.82, 2.24) is 4.90 Å². The van der Waals surface area contributed by atoms with E-state index in [0.717, 1.165) is 16.9 Å². The number of amides is 1. The van der Waals surface area contributed by atoms with Crippen molar-refractivity contribution in [2.45, 2.75) is 12.5 Å². The van der Waals surface area contributed by atoms with Gasteiger partial charge in [0.1, 0.15) is 11.6 Å². The van der Waals surface area contributed by atoms with Crippen LogP contribution in [0.5, 0.6) is 5.75 Å². The zero-order valence-electron chi connectivity index (χ0n) is 14.3. The fraction of sp³-hybridized carbons (Fsp3) is 0.190. The molecule has 2 heterocycles. The second-order valence-corrected chi connectivity index (χ2v) is 7.19. The number of hydrogen-bond acceptors (Lipinski definition) is 3. The van der Waals surface area contributed by atoms with Gasteiger partial charge in [0.25, 0.3) is 5.91 Å². The zero-order chi connectivity index (χ0) is 18.1. The third-order valence-corrected chi connectivity index (χ3v) is 5.74. The third kappa shape index (κ3) is 2.99. The highest BCUT2D eigenvalue weighted by atomic mass is 32.1. The third-order valence-electron chi connectivity index (χ3n) is 4.73. The molecule has 3 aromatic rings. The quantitative estimate of drug-likeness (QED) is 0.672. The number of carbonyl (C=O) groups excluding carboxylic acids is 1. The molecule has 3 nitrogen and oxygen atoms in total. The van der Waals surface area contributed by atoms with Crippen LogP contribution in [0.15, 0.2) is 60.0 Å². The molecule has 1 aromatic heterocycles. The predicted octanol–water partition coefficient (Wildman–Crippen LogP) is 4.68. The first-order chi connectivity index (χ1) is 12.7. The standard InChI is InChI=1S/C21H18FNO2S/c1-25-18-7-5-15(6-8-18)21(24)23-11-9-14-10-12-26-20(14)19(23)16-3-2-4-17(22)13-16/h2-8,10,12-13,19H,9,11H2,1H3.